The topological polar surface area (TPSA) is 84.9 Å². The molecule has 1 heterocycles. The van der Waals surface area contributed by atoms with Crippen LogP contribution in [0.1, 0.15) is 5.56 Å². The summed E-state index contributed by atoms with van der Waals surface area (Å²) < 4.78 is 53.3. The molecule has 39 heavy (non-hydrogen) atoms. The number of carbonyl (C=O) groups excluding carboxylic acids is 1. The molecule has 4 aromatic rings. The number of benzene rings is 4. The molecule has 7 nitrogen and oxygen atoms in total. The zero-order chi connectivity index (χ0) is 27.2. The second-order valence-electron chi connectivity index (χ2n) is 8.64. The smallest absolute Gasteiger partial charge is 0.264 e. The summed E-state index contributed by atoms with van der Waals surface area (Å²) in [6.07, 6.45) is 0. The van der Waals surface area contributed by atoms with Gasteiger partial charge in [-0.15, -0.1) is 11.8 Å². The van der Waals surface area contributed by atoms with Gasteiger partial charge in [0.15, 0.2) is 11.5 Å². The number of anilines is 2. The molecule has 1 N–H and O–H groups in total. The third-order valence-electron chi connectivity index (χ3n) is 5.87. The van der Waals surface area contributed by atoms with Crippen molar-refractivity contribution in [3.63, 3.8) is 0 Å². The fourth-order valence-corrected chi connectivity index (χ4v) is 6.26. The average molecular weight is 565 g/mol. The van der Waals surface area contributed by atoms with Crippen molar-refractivity contribution in [1.29, 1.82) is 0 Å². The minimum Gasteiger partial charge on any atom is -0.486 e. The molecule has 4 aromatic carbocycles. The Morgan fingerprint density at radius 3 is 2.36 bits per heavy atom. The first-order valence-corrected chi connectivity index (χ1v) is 14.6. The first kappa shape index (κ1) is 26.6. The third-order valence-corrected chi connectivity index (χ3v) is 8.72. The number of halogens is 1. The van der Waals surface area contributed by atoms with Crippen LogP contribution in [0.5, 0.6) is 11.5 Å². The molecule has 1 amide bonds. The van der Waals surface area contributed by atoms with E-state index in [4.69, 9.17) is 9.47 Å². The summed E-state index contributed by atoms with van der Waals surface area (Å²) in [5.41, 5.74) is 1.61. The SMILES string of the molecule is O=C(CN(c1cccc(F)c1)S(=O)(=O)c1ccc2c(c1)OCCO2)Nc1ccc(CSc2ccccc2)cc1. The van der Waals surface area contributed by atoms with Crippen molar-refractivity contribution in [3.05, 3.63) is 108 Å². The number of nitrogens with one attached hydrogen (secondary N) is 1. The molecule has 0 aromatic heterocycles. The van der Waals surface area contributed by atoms with Gasteiger partial charge < -0.3 is 14.8 Å². The highest BCUT2D eigenvalue weighted by molar-refractivity contribution is 7.98. The van der Waals surface area contributed by atoms with Crippen molar-refractivity contribution in [2.75, 3.05) is 29.4 Å². The summed E-state index contributed by atoms with van der Waals surface area (Å²) in [5.74, 6) is 0.280. The lowest BCUT2D eigenvalue weighted by Crippen LogP contribution is -2.38. The van der Waals surface area contributed by atoms with Crippen LogP contribution in [0.2, 0.25) is 0 Å². The van der Waals surface area contributed by atoms with Crippen molar-refractivity contribution in [2.24, 2.45) is 0 Å². The van der Waals surface area contributed by atoms with Crippen LogP contribution in [0.15, 0.2) is 107 Å². The average Bonchev–Trinajstić information content (AvgIpc) is 2.96. The van der Waals surface area contributed by atoms with E-state index in [1.54, 1.807) is 23.9 Å². The predicted octanol–water partition coefficient (Wildman–Crippen LogP) is 5.72. The molecule has 0 saturated carbocycles. The quantitative estimate of drug-likeness (QED) is 0.262. The highest BCUT2D eigenvalue weighted by Gasteiger charge is 2.29. The number of rotatable bonds is 9. The Labute approximate surface area is 230 Å². The fraction of sp³-hybridized carbons (Fsp3) is 0.138. The maximum atomic E-state index is 14.1. The van der Waals surface area contributed by atoms with E-state index in [0.29, 0.717) is 18.0 Å². The second-order valence-corrected chi connectivity index (χ2v) is 11.6. The van der Waals surface area contributed by atoms with Gasteiger partial charge in [0.05, 0.1) is 10.6 Å². The van der Waals surface area contributed by atoms with Crippen LogP contribution in [0, 0.1) is 5.82 Å². The van der Waals surface area contributed by atoms with Crippen molar-refractivity contribution in [3.8, 4) is 11.5 Å². The van der Waals surface area contributed by atoms with Gasteiger partial charge in [-0.05, 0) is 60.2 Å². The number of amides is 1. The minimum atomic E-state index is -4.26. The normalized spacial score (nSPS) is 12.5. The maximum Gasteiger partial charge on any atom is 0.264 e. The molecule has 10 heteroatoms. The number of nitrogens with zero attached hydrogens (tertiary/aromatic N) is 1. The minimum absolute atomic E-state index is 0.0216. The predicted molar refractivity (Wildman–Crippen MR) is 149 cm³/mol. The Bertz CT molecular complexity index is 1560. The van der Waals surface area contributed by atoms with Crippen molar-refractivity contribution in [2.45, 2.75) is 15.5 Å². The molecule has 200 valence electrons. The van der Waals surface area contributed by atoms with E-state index in [1.807, 2.05) is 42.5 Å². The van der Waals surface area contributed by atoms with Gasteiger partial charge in [0.25, 0.3) is 10.0 Å². The first-order valence-electron chi connectivity index (χ1n) is 12.1. The van der Waals surface area contributed by atoms with Crippen molar-refractivity contribution < 1.29 is 27.1 Å². The Morgan fingerprint density at radius 2 is 1.62 bits per heavy atom. The zero-order valence-electron chi connectivity index (χ0n) is 20.7. The van der Waals surface area contributed by atoms with Gasteiger partial charge in [-0.25, -0.2) is 12.8 Å². The maximum absolute atomic E-state index is 14.1. The van der Waals surface area contributed by atoms with E-state index in [9.17, 15) is 17.6 Å². The van der Waals surface area contributed by atoms with Gasteiger partial charge >= 0.3 is 0 Å². The van der Waals surface area contributed by atoms with Crippen LogP contribution in [0.25, 0.3) is 0 Å². The molecular weight excluding hydrogens is 539 g/mol. The number of ether oxygens (including phenoxy) is 2. The first-order chi connectivity index (χ1) is 18.9. The summed E-state index contributed by atoms with van der Waals surface area (Å²) in [6.45, 7) is 0.0869. The summed E-state index contributed by atoms with van der Waals surface area (Å²) in [4.78, 5) is 14.1. The number of hydrogen-bond acceptors (Lipinski definition) is 6. The van der Waals surface area contributed by atoms with Crippen LogP contribution in [0.4, 0.5) is 15.8 Å². The molecule has 0 aliphatic carbocycles. The van der Waals surface area contributed by atoms with E-state index in [0.717, 1.165) is 26.6 Å². The zero-order valence-corrected chi connectivity index (χ0v) is 22.4. The van der Waals surface area contributed by atoms with E-state index >= 15 is 0 Å². The van der Waals surface area contributed by atoms with Gasteiger partial charge in [-0.3, -0.25) is 9.10 Å². The van der Waals surface area contributed by atoms with Crippen LogP contribution < -0.4 is 19.1 Å². The Morgan fingerprint density at radius 1 is 0.872 bits per heavy atom. The summed E-state index contributed by atoms with van der Waals surface area (Å²) >= 11 is 1.70. The number of sulfonamides is 1. The largest absolute Gasteiger partial charge is 0.486 e. The number of hydrogen-bond donors (Lipinski definition) is 1. The number of thioether (sulfide) groups is 1. The van der Waals surface area contributed by atoms with Gasteiger partial charge in [0.2, 0.25) is 5.91 Å². The van der Waals surface area contributed by atoms with Gasteiger partial charge in [0, 0.05) is 22.4 Å². The van der Waals surface area contributed by atoms with Crippen LogP contribution in [-0.4, -0.2) is 34.1 Å². The van der Waals surface area contributed by atoms with Crippen LogP contribution in [0.3, 0.4) is 0 Å². The van der Waals surface area contributed by atoms with E-state index in [1.165, 1.54) is 36.4 Å². The summed E-state index contributed by atoms with van der Waals surface area (Å²) in [5, 5.41) is 2.74. The van der Waals surface area contributed by atoms with E-state index in [-0.39, 0.29) is 22.9 Å². The van der Waals surface area contributed by atoms with Gasteiger partial charge in [-0.2, -0.15) is 0 Å². The summed E-state index contributed by atoms with van der Waals surface area (Å²) in [7, 11) is -4.26. The fourth-order valence-electron chi connectivity index (χ4n) is 3.96. The Balaban J connectivity index is 1.32. The standard InChI is InChI=1S/C29H25FN2O5S2/c30-22-5-4-6-24(17-22)32(39(34,35)26-13-14-27-28(18-26)37-16-15-36-27)19-29(33)31-23-11-9-21(10-12-23)20-38-25-7-2-1-3-8-25/h1-14,17-18H,15-16,19-20H2,(H,31,33). The molecule has 0 saturated heterocycles. The molecule has 1 aliphatic rings. The van der Waals surface area contributed by atoms with Crippen LogP contribution >= 0.6 is 11.8 Å². The van der Waals surface area contributed by atoms with E-state index < -0.39 is 28.3 Å². The number of carbonyl (C=O) groups is 1. The lowest BCUT2D eigenvalue weighted by Gasteiger charge is -2.25. The lowest BCUT2D eigenvalue weighted by atomic mass is 10.2. The highest BCUT2D eigenvalue weighted by atomic mass is 32.2. The third kappa shape index (κ3) is 6.52. The molecule has 0 spiro atoms. The van der Waals surface area contributed by atoms with E-state index in [2.05, 4.69) is 5.32 Å². The highest BCUT2D eigenvalue weighted by Crippen LogP contribution is 2.34. The van der Waals surface area contributed by atoms with Gasteiger partial charge in [-0.1, -0.05) is 36.4 Å². The molecule has 0 bridgehead atoms. The molecule has 1 aliphatic heterocycles. The summed E-state index contributed by atoms with van der Waals surface area (Å²) in [6, 6.07) is 26.7. The van der Waals surface area contributed by atoms with Gasteiger partial charge in [0.1, 0.15) is 25.6 Å². The van der Waals surface area contributed by atoms with Crippen molar-refractivity contribution >= 4 is 39.1 Å². The molecule has 0 fully saturated rings. The molecule has 0 atom stereocenters. The molecule has 0 radical (unpaired) electrons. The molecular formula is C29H25FN2O5S2. The lowest BCUT2D eigenvalue weighted by molar-refractivity contribution is -0.114. The Hall–Kier alpha value is -4.02. The second kappa shape index (κ2) is 11.8. The number of fused-ring (bicyclic) bond motifs is 1. The monoisotopic (exact) mass is 564 g/mol. The van der Waals surface area contributed by atoms with Crippen LogP contribution in [-0.2, 0) is 20.6 Å². The van der Waals surface area contributed by atoms with Crippen molar-refractivity contribution in [1.82, 2.24) is 0 Å². The Kier molecular flexibility index (Phi) is 8.04. The molecule has 5 rings (SSSR count). The molecule has 0 unspecified atom stereocenters.